The summed E-state index contributed by atoms with van der Waals surface area (Å²) in [4.78, 5) is 11.1. The maximum absolute atomic E-state index is 5.71. The molecule has 26 heavy (non-hydrogen) atoms. The van der Waals surface area contributed by atoms with Crippen LogP contribution in [0, 0.1) is 6.92 Å². The molecule has 0 atom stereocenters. The van der Waals surface area contributed by atoms with E-state index in [0.29, 0.717) is 11.6 Å². The van der Waals surface area contributed by atoms with Crippen molar-refractivity contribution in [3.63, 3.8) is 0 Å². The lowest BCUT2D eigenvalue weighted by molar-refractivity contribution is 0.310. The molecule has 132 valence electrons. The van der Waals surface area contributed by atoms with Crippen LogP contribution in [-0.2, 0) is 13.0 Å². The Bertz CT molecular complexity index is 895. The monoisotopic (exact) mass is 348 g/mol. The third kappa shape index (κ3) is 3.62. The van der Waals surface area contributed by atoms with Gasteiger partial charge >= 0.3 is 0 Å². The lowest BCUT2D eigenvalue weighted by atomic mass is 10.1. The molecule has 0 aliphatic carbocycles. The second kappa shape index (κ2) is 7.05. The molecule has 7 nitrogen and oxygen atoms in total. The molecule has 1 aliphatic rings. The zero-order chi connectivity index (χ0) is 17.9. The number of nitrogens with zero attached hydrogens (tertiary/aromatic N) is 5. The van der Waals surface area contributed by atoms with Crippen LogP contribution in [0.2, 0.25) is 0 Å². The second-order valence-corrected chi connectivity index (χ2v) is 6.40. The van der Waals surface area contributed by atoms with E-state index in [4.69, 9.17) is 4.74 Å². The molecule has 3 heterocycles. The molecule has 1 N–H and O–H groups in total. The van der Waals surface area contributed by atoms with Gasteiger partial charge in [-0.3, -0.25) is 0 Å². The summed E-state index contributed by atoms with van der Waals surface area (Å²) in [5, 5.41) is 11.4. The van der Waals surface area contributed by atoms with E-state index in [9.17, 15) is 0 Å². The minimum absolute atomic E-state index is 0.476. The number of hydrogen-bond donors (Lipinski definition) is 1. The van der Waals surface area contributed by atoms with Crippen molar-refractivity contribution < 1.29 is 4.74 Å². The van der Waals surface area contributed by atoms with E-state index < -0.39 is 0 Å². The van der Waals surface area contributed by atoms with Gasteiger partial charge in [0.25, 0.3) is 0 Å². The number of hydrogen-bond acceptors (Lipinski definition) is 7. The predicted octanol–water partition coefficient (Wildman–Crippen LogP) is 3.10. The molecule has 0 bridgehead atoms. The minimum atomic E-state index is 0.476. The number of benzene rings is 1. The number of aromatic nitrogens is 4. The van der Waals surface area contributed by atoms with Crippen molar-refractivity contribution in [2.45, 2.75) is 19.9 Å². The van der Waals surface area contributed by atoms with Gasteiger partial charge in [-0.25, -0.2) is 9.97 Å². The van der Waals surface area contributed by atoms with Crippen molar-refractivity contribution in [2.75, 3.05) is 18.9 Å². The highest BCUT2D eigenvalue weighted by Gasteiger charge is 2.18. The largest absolute Gasteiger partial charge is 0.438 e. The van der Waals surface area contributed by atoms with E-state index in [0.717, 1.165) is 48.0 Å². The summed E-state index contributed by atoms with van der Waals surface area (Å²) >= 11 is 0. The average Bonchev–Trinajstić information content (AvgIpc) is 2.66. The Morgan fingerprint density at radius 2 is 1.88 bits per heavy atom. The number of fused-ring (bicyclic) bond motifs is 1. The van der Waals surface area contributed by atoms with Crippen LogP contribution in [0.4, 0.5) is 11.5 Å². The Labute approximate surface area is 152 Å². The zero-order valence-corrected chi connectivity index (χ0v) is 14.8. The first-order chi connectivity index (χ1) is 12.7. The summed E-state index contributed by atoms with van der Waals surface area (Å²) in [5.74, 6) is 2.04. The highest BCUT2D eigenvalue weighted by atomic mass is 16.5. The van der Waals surface area contributed by atoms with Gasteiger partial charge in [-0.15, -0.1) is 5.10 Å². The Balaban J connectivity index is 1.49. The normalized spacial score (nSPS) is 13.9. The van der Waals surface area contributed by atoms with Gasteiger partial charge in [0, 0.05) is 36.8 Å². The van der Waals surface area contributed by atoms with Crippen LogP contribution >= 0.6 is 0 Å². The minimum Gasteiger partial charge on any atom is -0.438 e. The number of rotatable bonds is 4. The summed E-state index contributed by atoms with van der Waals surface area (Å²) in [6.07, 6.45) is 2.58. The lowest BCUT2D eigenvalue weighted by Gasteiger charge is -2.25. The standard InChI is InChI=1S/C19H20N6O/c1-13-3-8-18(24-23-13)26-15-6-4-14(5-7-15)22-19-16-11-25(2)10-9-17(16)20-12-21-19/h3-8,12H,9-11H2,1-2H3,(H,20,21,22). The molecule has 1 aliphatic heterocycles. The zero-order valence-electron chi connectivity index (χ0n) is 14.8. The topological polar surface area (TPSA) is 76.1 Å². The molecule has 4 rings (SSSR count). The summed E-state index contributed by atoms with van der Waals surface area (Å²) in [5.41, 5.74) is 4.09. The van der Waals surface area contributed by atoms with Crippen LogP contribution in [0.25, 0.3) is 0 Å². The van der Waals surface area contributed by atoms with Gasteiger partial charge in [-0.1, -0.05) is 0 Å². The van der Waals surface area contributed by atoms with E-state index >= 15 is 0 Å². The highest BCUT2D eigenvalue weighted by molar-refractivity contribution is 5.61. The Hall–Kier alpha value is -3.06. The van der Waals surface area contributed by atoms with Gasteiger partial charge < -0.3 is 15.0 Å². The van der Waals surface area contributed by atoms with Crippen molar-refractivity contribution in [1.82, 2.24) is 25.1 Å². The summed E-state index contributed by atoms with van der Waals surface area (Å²) < 4.78 is 5.71. The smallest absolute Gasteiger partial charge is 0.238 e. The molecular formula is C19H20N6O. The summed E-state index contributed by atoms with van der Waals surface area (Å²) in [6.45, 7) is 3.77. The fourth-order valence-electron chi connectivity index (χ4n) is 2.89. The summed E-state index contributed by atoms with van der Waals surface area (Å²) in [6, 6.07) is 11.4. The number of aryl methyl sites for hydroxylation is 1. The Morgan fingerprint density at radius 3 is 2.65 bits per heavy atom. The van der Waals surface area contributed by atoms with Crippen LogP contribution in [0.1, 0.15) is 17.0 Å². The highest BCUT2D eigenvalue weighted by Crippen LogP contribution is 2.26. The third-order valence-electron chi connectivity index (χ3n) is 4.31. The van der Waals surface area contributed by atoms with Crippen molar-refractivity contribution in [1.29, 1.82) is 0 Å². The maximum atomic E-state index is 5.71. The molecule has 0 saturated carbocycles. The lowest BCUT2D eigenvalue weighted by Crippen LogP contribution is -2.28. The van der Waals surface area contributed by atoms with Crippen molar-refractivity contribution in [3.05, 3.63) is 59.7 Å². The van der Waals surface area contributed by atoms with Gasteiger partial charge in [-0.2, -0.15) is 5.10 Å². The molecule has 0 unspecified atom stereocenters. The molecule has 1 aromatic carbocycles. The van der Waals surface area contributed by atoms with E-state index in [1.54, 1.807) is 12.4 Å². The van der Waals surface area contributed by atoms with Gasteiger partial charge in [-0.05, 0) is 44.3 Å². The van der Waals surface area contributed by atoms with Crippen LogP contribution < -0.4 is 10.1 Å². The fraction of sp³-hybridized carbons (Fsp3) is 0.263. The molecule has 0 saturated heterocycles. The van der Waals surface area contributed by atoms with Crippen LogP contribution in [0.3, 0.4) is 0 Å². The first kappa shape index (κ1) is 16.4. The Kier molecular flexibility index (Phi) is 4.45. The summed E-state index contributed by atoms with van der Waals surface area (Å²) in [7, 11) is 2.11. The van der Waals surface area contributed by atoms with Crippen LogP contribution in [0.5, 0.6) is 11.6 Å². The average molecular weight is 348 g/mol. The SMILES string of the molecule is Cc1ccc(Oc2ccc(Nc3ncnc4c3CN(C)CC4)cc2)nn1. The maximum Gasteiger partial charge on any atom is 0.238 e. The quantitative estimate of drug-likeness (QED) is 0.776. The van der Waals surface area contributed by atoms with Crippen molar-refractivity contribution in [2.24, 2.45) is 0 Å². The van der Waals surface area contributed by atoms with E-state index in [1.807, 2.05) is 37.3 Å². The van der Waals surface area contributed by atoms with Crippen LogP contribution in [-0.4, -0.2) is 38.7 Å². The first-order valence-electron chi connectivity index (χ1n) is 8.54. The third-order valence-corrected chi connectivity index (χ3v) is 4.31. The number of nitrogens with one attached hydrogen (secondary N) is 1. The van der Waals surface area contributed by atoms with Gasteiger partial charge in [0.2, 0.25) is 5.88 Å². The molecule has 0 radical (unpaired) electrons. The number of likely N-dealkylation sites (N-methyl/N-ethyl adjacent to an activating group) is 1. The van der Waals surface area contributed by atoms with Gasteiger partial charge in [0.1, 0.15) is 17.9 Å². The van der Waals surface area contributed by atoms with E-state index in [-0.39, 0.29) is 0 Å². The molecule has 2 aromatic heterocycles. The number of anilines is 2. The molecule has 0 fully saturated rings. The van der Waals surface area contributed by atoms with Crippen LogP contribution in [0.15, 0.2) is 42.7 Å². The second-order valence-electron chi connectivity index (χ2n) is 6.40. The fourth-order valence-corrected chi connectivity index (χ4v) is 2.89. The number of ether oxygens (including phenoxy) is 1. The Morgan fingerprint density at radius 1 is 1.04 bits per heavy atom. The molecular weight excluding hydrogens is 328 g/mol. The van der Waals surface area contributed by atoms with E-state index in [2.05, 4.69) is 37.4 Å². The predicted molar refractivity (Wildman–Crippen MR) is 98.6 cm³/mol. The molecule has 3 aromatic rings. The van der Waals surface area contributed by atoms with Gasteiger partial charge in [0.05, 0.1) is 11.4 Å². The van der Waals surface area contributed by atoms with Crippen molar-refractivity contribution >= 4 is 11.5 Å². The molecule has 0 spiro atoms. The first-order valence-corrected chi connectivity index (χ1v) is 8.54. The van der Waals surface area contributed by atoms with Crippen molar-refractivity contribution in [3.8, 4) is 11.6 Å². The van der Waals surface area contributed by atoms with Gasteiger partial charge in [0.15, 0.2) is 0 Å². The molecule has 0 amide bonds. The van der Waals surface area contributed by atoms with E-state index in [1.165, 1.54) is 0 Å². The molecule has 7 heteroatoms.